The lowest BCUT2D eigenvalue weighted by Crippen LogP contribution is -2.43. The fourth-order valence-electron chi connectivity index (χ4n) is 3.03. The normalized spacial score (nSPS) is 16.5. The first-order valence-electron chi connectivity index (χ1n) is 9.83. The molecule has 1 aromatic heterocycles. The number of fused-ring (bicyclic) bond motifs is 1. The molecule has 9 heteroatoms. The highest BCUT2D eigenvalue weighted by molar-refractivity contribution is 14.0. The average Bonchev–Trinajstić information content (AvgIpc) is 3.16. The van der Waals surface area contributed by atoms with Gasteiger partial charge in [-0.25, -0.2) is 9.98 Å². The maximum atomic E-state index is 12.0. The Morgan fingerprint density at radius 3 is 2.87 bits per heavy atom. The molecule has 0 saturated carbocycles. The van der Waals surface area contributed by atoms with Gasteiger partial charge in [0, 0.05) is 49.6 Å². The summed E-state index contributed by atoms with van der Waals surface area (Å²) in [5, 5.41) is 7.98. The van der Waals surface area contributed by atoms with Crippen molar-refractivity contribution in [2.45, 2.75) is 32.2 Å². The number of likely N-dealkylation sites (N-methyl/N-ethyl adjacent to an activating group) is 1. The van der Waals surface area contributed by atoms with E-state index < -0.39 is 0 Å². The Morgan fingerprint density at radius 2 is 2.17 bits per heavy atom. The monoisotopic (exact) mass is 543 g/mol. The maximum absolute atomic E-state index is 12.0. The lowest BCUT2D eigenvalue weighted by atomic mass is 10.0. The lowest BCUT2D eigenvalue weighted by Gasteiger charge is -2.28. The van der Waals surface area contributed by atoms with Crippen LogP contribution in [0.2, 0.25) is 0 Å². The van der Waals surface area contributed by atoms with Crippen LogP contribution in [-0.2, 0) is 4.79 Å². The third kappa shape index (κ3) is 6.56. The van der Waals surface area contributed by atoms with E-state index in [0.29, 0.717) is 19.1 Å². The first kappa shape index (κ1) is 24.4. The number of ether oxygens (including phenoxy) is 1. The van der Waals surface area contributed by atoms with Gasteiger partial charge in [0.05, 0.1) is 17.7 Å². The Bertz CT molecular complexity index is 871. The molecule has 2 aromatic rings. The van der Waals surface area contributed by atoms with Gasteiger partial charge in [0.25, 0.3) is 0 Å². The number of aromatic nitrogens is 1. The molecule has 0 bridgehead atoms. The molecule has 2 atom stereocenters. The second-order valence-electron chi connectivity index (χ2n) is 7.42. The van der Waals surface area contributed by atoms with Crippen LogP contribution in [-0.4, -0.2) is 55.5 Å². The number of nitrogens with zero attached hydrogens (tertiary/aromatic N) is 3. The molecule has 0 radical (unpaired) electrons. The lowest BCUT2D eigenvalue weighted by molar-refractivity contribution is -0.127. The number of guanidine groups is 1. The number of carbonyl (C=O) groups is 1. The first-order chi connectivity index (χ1) is 13.9. The van der Waals surface area contributed by atoms with Gasteiger partial charge in [-0.2, -0.15) is 0 Å². The van der Waals surface area contributed by atoms with Crippen molar-refractivity contribution in [3.05, 3.63) is 45.9 Å². The fourth-order valence-corrected chi connectivity index (χ4v) is 3.86. The molecule has 0 fully saturated rings. The summed E-state index contributed by atoms with van der Waals surface area (Å²) in [6.07, 6.45) is 2.74. The van der Waals surface area contributed by atoms with E-state index in [9.17, 15) is 4.79 Å². The number of aliphatic imine (C=N–C) groups is 1. The van der Waals surface area contributed by atoms with Crippen LogP contribution in [0.15, 0.2) is 35.5 Å². The third-order valence-electron chi connectivity index (χ3n) is 4.78. The minimum Gasteiger partial charge on any atom is -0.493 e. The molecule has 1 aromatic carbocycles. The van der Waals surface area contributed by atoms with E-state index >= 15 is 0 Å². The number of amides is 1. The SMILES string of the molecule is Cc1cnc(C(C)CNC(=NCC(=O)N(C)C)NC2CCOc3ccccc32)s1.I. The van der Waals surface area contributed by atoms with Crippen molar-refractivity contribution < 1.29 is 9.53 Å². The average molecular weight is 543 g/mol. The summed E-state index contributed by atoms with van der Waals surface area (Å²) in [6, 6.07) is 8.11. The second-order valence-corrected chi connectivity index (χ2v) is 8.68. The molecule has 30 heavy (non-hydrogen) atoms. The minimum absolute atomic E-state index is 0. The first-order valence-corrected chi connectivity index (χ1v) is 10.6. The molecule has 0 saturated heterocycles. The van der Waals surface area contributed by atoms with Crippen molar-refractivity contribution in [1.29, 1.82) is 0 Å². The standard InChI is InChI=1S/C21H29N5O2S.HI/c1-14(20-22-12-15(2)29-20)11-23-21(24-13-19(27)26(3)4)25-17-9-10-28-18-8-6-5-7-16(17)18;/h5-8,12,14,17H,9-11,13H2,1-4H3,(H2,23,24,25);1H. The highest BCUT2D eigenvalue weighted by Crippen LogP contribution is 2.31. The zero-order valence-corrected chi connectivity index (χ0v) is 21.0. The molecule has 1 aliphatic rings. The number of benzene rings is 1. The number of aryl methyl sites for hydroxylation is 1. The van der Waals surface area contributed by atoms with Gasteiger partial charge in [-0.15, -0.1) is 35.3 Å². The molecule has 1 aliphatic heterocycles. The number of para-hydroxylation sites is 1. The summed E-state index contributed by atoms with van der Waals surface area (Å²) in [4.78, 5) is 23.8. The molecule has 1 amide bonds. The van der Waals surface area contributed by atoms with E-state index in [0.717, 1.165) is 22.7 Å². The smallest absolute Gasteiger partial charge is 0.243 e. The Hall–Kier alpha value is -1.88. The Morgan fingerprint density at radius 1 is 1.40 bits per heavy atom. The summed E-state index contributed by atoms with van der Waals surface area (Å²) >= 11 is 1.71. The van der Waals surface area contributed by atoms with Crippen LogP contribution < -0.4 is 15.4 Å². The van der Waals surface area contributed by atoms with Crippen molar-refractivity contribution in [2.75, 3.05) is 33.8 Å². The number of carbonyl (C=O) groups excluding carboxylic acids is 1. The number of hydrogen-bond donors (Lipinski definition) is 2. The molecule has 2 heterocycles. The number of nitrogens with one attached hydrogen (secondary N) is 2. The molecule has 7 nitrogen and oxygen atoms in total. The fraction of sp³-hybridized carbons (Fsp3) is 0.476. The topological polar surface area (TPSA) is 78.9 Å². The second kappa shape index (κ2) is 11.5. The van der Waals surface area contributed by atoms with Crippen LogP contribution in [0, 0.1) is 6.92 Å². The molecule has 164 valence electrons. The summed E-state index contributed by atoms with van der Waals surface area (Å²) in [5.41, 5.74) is 1.11. The van der Waals surface area contributed by atoms with Crippen molar-refractivity contribution in [3.63, 3.8) is 0 Å². The zero-order chi connectivity index (χ0) is 20.8. The van der Waals surface area contributed by atoms with Gasteiger partial charge < -0.3 is 20.3 Å². The van der Waals surface area contributed by atoms with E-state index in [1.54, 1.807) is 30.3 Å². The number of halogens is 1. The van der Waals surface area contributed by atoms with Gasteiger partial charge in [0.1, 0.15) is 12.3 Å². The maximum Gasteiger partial charge on any atom is 0.243 e. The summed E-state index contributed by atoms with van der Waals surface area (Å²) in [6.45, 7) is 5.62. The number of rotatable bonds is 6. The summed E-state index contributed by atoms with van der Waals surface area (Å²) < 4.78 is 5.76. The van der Waals surface area contributed by atoms with E-state index in [-0.39, 0.29) is 48.4 Å². The highest BCUT2D eigenvalue weighted by Gasteiger charge is 2.22. The third-order valence-corrected chi connectivity index (χ3v) is 5.92. The molecule has 2 N–H and O–H groups in total. The van der Waals surface area contributed by atoms with Gasteiger partial charge in [-0.3, -0.25) is 4.79 Å². The largest absolute Gasteiger partial charge is 0.493 e. The van der Waals surface area contributed by atoms with Crippen LogP contribution >= 0.6 is 35.3 Å². The predicted molar refractivity (Wildman–Crippen MR) is 132 cm³/mol. The molecule has 3 rings (SSSR count). The highest BCUT2D eigenvalue weighted by atomic mass is 127. The zero-order valence-electron chi connectivity index (χ0n) is 17.8. The molecule has 0 aliphatic carbocycles. The summed E-state index contributed by atoms with van der Waals surface area (Å²) in [5.74, 6) is 1.72. The molecular weight excluding hydrogens is 513 g/mol. The van der Waals surface area contributed by atoms with Crippen LogP contribution in [0.5, 0.6) is 5.75 Å². The molecule has 0 spiro atoms. The van der Waals surface area contributed by atoms with Crippen LogP contribution in [0.3, 0.4) is 0 Å². The number of thiazole rings is 1. The van der Waals surface area contributed by atoms with Crippen molar-refractivity contribution in [3.8, 4) is 5.75 Å². The van der Waals surface area contributed by atoms with E-state index in [4.69, 9.17) is 4.74 Å². The minimum atomic E-state index is -0.0397. The van der Waals surface area contributed by atoms with Gasteiger partial charge in [0.2, 0.25) is 5.91 Å². The van der Waals surface area contributed by atoms with E-state index in [2.05, 4.69) is 40.5 Å². The Kier molecular flexibility index (Phi) is 9.35. The Labute approximate surface area is 199 Å². The van der Waals surface area contributed by atoms with Gasteiger partial charge in [-0.05, 0) is 13.0 Å². The van der Waals surface area contributed by atoms with E-state index in [1.165, 1.54) is 4.88 Å². The van der Waals surface area contributed by atoms with Crippen LogP contribution in [0.25, 0.3) is 0 Å². The number of hydrogen-bond acceptors (Lipinski definition) is 5. The van der Waals surface area contributed by atoms with Crippen molar-refractivity contribution in [2.24, 2.45) is 4.99 Å². The van der Waals surface area contributed by atoms with Crippen molar-refractivity contribution >= 4 is 47.2 Å². The van der Waals surface area contributed by atoms with Crippen LogP contribution in [0.4, 0.5) is 0 Å². The predicted octanol–water partition coefficient (Wildman–Crippen LogP) is 3.32. The van der Waals surface area contributed by atoms with E-state index in [1.807, 2.05) is 24.4 Å². The molecule has 2 unspecified atom stereocenters. The molecular formula is C21H30IN5O2S. The quantitative estimate of drug-likeness (QED) is 0.332. The Balaban J connectivity index is 0.00000320. The summed E-state index contributed by atoms with van der Waals surface area (Å²) in [7, 11) is 3.47. The van der Waals surface area contributed by atoms with Crippen molar-refractivity contribution in [1.82, 2.24) is 20.5 Å². The van der Waals surface area contributed by atoms with Gasteiger partial charge >= 0.3 is 0 Å². The van der Waals surface area contributed by atoms with Gasteiger partial charge in [0.15, 0.2) is 5.96 Å². The van der Waals surface area contributed by atoms with Crippen LogP contribution in [0.1, 0.15) is 40.8 Å². The van der Waals surface area contributed by atoms with Gasteiger partial charge in [-0.1, -0.05) is 25.1 Å².